The molecule has 1 amide bonds. The van der Waals surface area contributed by atoms with Crippen LogP contribution in [0.3, 0.4) is 0 Å². The van der Waals surface area contributed by atoms with Crippen molar-refractivity contribution in [3.8, 4) is 0 Å². The summed E-state index contributed by atoms with van der Waals surface area (Å²) in [6, 6.07) is -0.893. The van der Waals surface area contributed by atoms with Crippen molar-refractivity contribution in [1.82, 2.24) is 5.32 Å². The lowest BCUT2D eigenvalue weighted by atomic mass is 10.0. The Bertz CT molecular complexity index is 1610. The fourth-order valence-electron chi connectivity index (χ4n) is 9.11. The molecule has 0 heterocycles. The highest BCUT2D eigenvalue weighted by atomic mass is 31.2. The molecular formula is C68H123N2O7P. The Hall–Kier alpha value is -2.81. The number of nitrogens with zero attached hydrogens (tertiary/aromatic N) is 1. The first-order chi connectivity index (χ1) is 37.9. The number of phosphoric acid groups is 1. The predicted molar refractivity (Wildman–Crippen MR) is 335 cm³/mol. The fraction of sp³-hybridized carbons (Fsp3) is 0.765. The van der Waals surface area contributed by atoms with Crippen molar-refractivity contribution in [2.75, 3.05) is 40.9 Å². The lowest BCUT2D eigenvalue weighted by molar-refractivity contribution is -0.870. The van der Waals surface area contributed by atoms with Crippen molar-refractivity contribution in [2.45, 2.75) is 296 Å². The van der Waals surface area contributed by atoms with Crippen LogP contribution in [-0.2, 0) is 27.9 Å². The summed E-state index contributed by atoms with van der Waals surface area (Å²) in [7, 11) is 1.18. The second-order valence-electron chi connectivity index (χ2n) is 22.9. The number of likely N-dealkylation sites (N-methyl/N-ethyl adjacent to an activating group) is 1. The van der Waals surface area contributed by atoms with Gasteiger partial charge in [-0.3, -0.25) is 14.2 Å². The lowest BCUT2D eigenvalue weighted by Gasteiger charge is -2.30. The third-order valence-electron chi connectivity index (χ3n) is 14.1. The first kappa shape index (κ1) is 75.2. The molecule has 3 atom stereocenters. The van der Waals surface area contributed by atoms with E-state index in [0.29, 0.717) is 17.4 Å². The van der Waals surface area contributed by atoms with Gasteiger partial charge in [0.15, 0.2) is 0 Å². The predicted octanol–water partition coefficient (Wildman–Crippen LogP) is 19.5. The molecule has 0 fully saturated rings. The fourth-order valence-corrected chi connectivity index (χ4v) is 9.84. The number of amides is 1. The highest BCUT2D eigenvalue weighted by Gasteiger charge is 2.27. The van der Waals surface area contributed by atoms with Gasteiger partial charge >= 0.3 is 5.97 Å². The molecule has 0 bridgehead atoms. The topological polar surface area (TPSA) is 114 Å². The van der Waals surface area contributed by atoms with Crippen molar-refractivity contribution in [3.63, 3.8) is 0 Å². The van der Waals surface area contributed by atoms with Crippen LogP contribution < -0.4 is 10.2 Å². The van der Waals surface area contributed by atoms with Crippen LogP contribution >= 0.6 is 7.82 Å². The van der Waals surface area contributed by atoms with E-state index in [1.54, 1.807) is 0 Å². The van der Waals surface area contributed by atoms with Crippen LogP contribution in [0.25, 0.3) is 0 Å². The van der Waals surface area contributed by atoms with Crippen molar-refractivity contribution >= 4 is 19.7 Å². The molecule has 452 valence electrons. The quantitative estimate of drug-likeness (QED) is 0.0212. The Morgan fingerprint density at radius 2 is 0.821 bits per heavy atom. The van der Waals surface area contributed by atoms with Gasteiger partial charge < -0.3 is 28.5 Å². The zero-order valence-electron chi connectivity index (χ0n) is 51.6. The monoisotopic (exact) mass is 1110 g/mol. The largest absolute Gasteiger partial charge is 0.756 e. The SMILES string of the molecule is CC/C=C\C/C=C\C/C=C\C/C=C\C/C=C\C/C=C\CCCCCCCCCCC(=O)OC(/C=C\CCCCCCCCCCCC)C(COP(=O)([O-])OCC[N+](C)(C)C)NC(=O)CCCCCCCCCCCCCCC. The van der Waals surface area contributed by atoms with Gasteiger partial charge in [0.25, 0.3) is 7.82 Å². The van der Waals surface area contributed by atoms with E-state index in [0.717, 1.165) is 109 Å². The van der Waals surface area contributed by atoms with Crippen LogP contribution in [0, 0.1) is 0 Å². The normalized spacial score (nSPS) is 14.2. The van der Waals surface area contributed by atoms with Crippen molar-refractivity contribution in [2.24, 2.45) is 0 Å². The van der Waals surface area contributed by atoms with Gasteiger partial charge in [-0.1, -0.05) is 273 Å². The van der Waals surface area contributed by atoms with E-state index >= 15 is 0 Å². The van der Waals surface area contributed by atoms with E-state index in [1.165, 1.54) is 141 Å². The summed E-state index contributed by atoms with van der Waals surface area (Å²) >= 11 is 0. The maximum atomic E-state index is 13.5. The number of hydrogen-bond donors (Lipinski definition) is 1. The van der Waals surface area contributed by atoms with Gasteiger partial charge in [0.2, 0.25) is 5.91 Å². The summed E-state index contributed by atoms with van der Waals surface area (Å²) < 4.78 is 30.3. The number of esters is 1. The number of quaternary nitrogens is 1. The van der Waals surface area contributed by atoms with Gasteiger partial charge in [-0.05, 0) is 83.1 Å². The lowest BCUT2D eigenvalue weighted by Crippen LogP contribution is -2.47. The second-order valence-corrected chi connectivity index (χ2v) is 24.3. The minimum Gasteiger partial charge on any atom is -0.756 e. The van der Waals surface area contributed by atoms with E-state index in [2.05, 4.69) is 99.0 Å². The van der Waals surface area contributed by atoms with E-state index in [-0.39, 0.29) is 24.9 Å². The molecule has 9 nitrogen and oxygen atoms in total. The molecule has 0 saturated heterocycles. The minimum absolute atomic E-state index is 0.0252. The highest BCUT2D eigenvalue weighted by Crippen LogP contribution is 2.38. The van der Waals surface area contributed by atoms with Gasteiger partial charge in [-0.25, -0.2) is 0 Å². The van der Waals surface area contributed by atoms with Gasteiger partial charge in [0.1, 0.15) is 19.3 Å². The molecule has 0 radical (unpaired) electrons. The van der Waals surface area contributed by atoms with Gasteiger partial charge in [-0.2, -0.15) is 0 Å². The number of hydrogen-bond acceptors (Lipinski definition) is 7. The molecule has 0 aromatic heterocycles. The van der Waals surface area contributed by atoms with Crippen molar-refractivity contribution in [3.05, 3.63) is 85.1 Å². The average Bonchev–Trinajstić information content (AvgIpc) is 3.40. The molecule has 0 aromatic rings. The number of allylic oxidation sites excluding steroid dienone is 13. The average molecular weight is 1110 g/mol. The molecule has 78 heavy (non-hydrogen) atoms. The van der Waals surface area contributed by atoms with Crippen LogP contribution in [0.1, 0.15) is 284 Å². The summed E-state index contributed by atoms with van der Waals surface area (Å²) in [6.07, 6.45) is 75.5. The number of rotatable bonds is 58. The zero-order chi connectivity index (χ0) is 57.2. The Morgan fingerprint density at radius 3 is 1.23 bits per heavy atom. The van der Waals surface area contributed by atoms with E-state index < -0.39 is 26.6 Å². The first-order valence-corrected chi connectivity index (χ1v) is 33.9. The number of carbonyl (C=O) groups is 2. The number of phosphoric ester groups is 1. The molecule has 3 unspecified atom stereocenters. The molecule has 0 saturated carbocycles. The minimum atomic E-state index is -4.70. The Morgan fingerprint density at radius 1 is 0.462 bits per heavy atom. The maximum absolute atomic E-state index is 13.5. The molecule has 0 aromatic carbocycles. The van der Waals surface area contributed by atoms with Gasteiger partial charge in [0.05, 0.1) is 33.8 Å². The molecule has 0 aliphatic heterocycles. The number of unbranched alkanes of at least 4 members (excludes halogenated alkanes) is 30. The third kappa shape index (κ3) is 57.9. The van der Waals surface area contributed by atoms with E-state index in [4.69, 9.17) is 13.8 Å². The van der Waals surface area contributed by atoms with Gasteiger partial charge in [-0.15, -0.1) is 0 Å². The summed E-state index contributed by atoms with van der Waals surface area (Å²) in [6.45, 7) is 6.73. The molecule has 0 rings (SSSR count). The number of ether oxygens (including phenoxy) is 1. The van der Waals surface area contributed by atoms with Crippen LogP contribution in [0.5, 0.6) is 0 Å². The molecular weight excluding hydrogens is 988 g/mol. The van der Waals surface area contributed by atoms with E-state index in [1.807, 2.05) is 33.3 Å². The van der Waals surface area contributed by atoms with Crippen molar-refractivity contribution < 1.29 is 37.3 Å². The standard InChI is InChI=1S/C68H123N2O7P/c1-7-10-13-16-19-22-25-28-29-30-31-32-33-34-35-36-37-38-39-40-41-43-46-49-52-55-58-61-68(72)77-66(59-56-53-50-47-44-27-24-21-18-15-12-9-3)65(64-76-78(73,74)75-63-62-70(4,5)6)69-67(71)60-57-54-51-48-45-42-26-23-20-17-14-11-8-2/h10,13,19,22,28-29,31-32,34-35,37-38,56,59,65-66H,7-9,11-12,14-18,20-21,23-27,30,33,36,39-55,57-58,60-64H2,1-6H3,(H-,69,71,73,74)/b13-10-,22-19-,29-28-,32-31-,35-34-,38-37-,59-56-. The molecule has 0 aliphatic carbocycles. The zero-order valence-corrected chi connectivity index (χ0v) is 52.5. The van der Waals surface area contributed by atoms with Gasteiger partial charge in [0, 0.05) is 12.8 Å². The number of carbonyl (C=O) groups excluding carboxylic acids is 2. The highest BCUT2D eigenvalue weighted by molar-refractivity contribution is 7.45. The number of nitrogens with one attached hydrogen (secondary N) is 1. The maximum Gasteiger partial charge on any atom is 0.306 e. The van der Waals surface area contributed by atoms with Crippen LogP contribution in [0.2, 0.25) is 0 Å². The van der Waals surface area contributed by atoms with Crippen LogP contribution in [-0.4, -0.2) is 69.4 Å². The van der Waals surface area contributed by atoms with Crippen molar-refractivity contribution in [1.29, 1.82) is 0 Å². The Kier molecular flexibility index (Phi) is 55.4. The molecule has 0 spiro atoms. The smallest absolute Gasteiger partial charge is 0.306 e. The van der Waals surface area contributed by atoms with E-state index in [9.17, 15) is 19.0 Å². The van der Waals surface area contributed by atoms with Crippen LogP contribution in [0.4, 0.5) is 0 Å². The molecule has 0 aliphatic rings. The third-order valence-corrected chi connectivity index (χ3v) is 15.1. The summed E-state index contributed by atoms with van der Waals surface area (Å²) in [4.78, 5) is 40.0. The summed E-state index contributed by atoms with van der Waals surface area (Å²) in [5.41, 5.74) is 0. The molecule has 1 N–H and O–H groups in total. The second kappa shape index (κ2) is 57.4. The van der Waals surface area contributed by atoms with Crippen LogP contribution in [0.15, 0.2) is 85.1 Å². The molecule has 10 heteroatoms. The summed E-state index contributed by atoms with van der Waals surface area (Å²) in [5.74, 6) is -0.547. The summed E-state index contributed by atoms with van der Waals surface area (Å²) in [5, 5.41) is 3.03. The first-order valence-electron chi connectivity index (χ1n) is 32.4. The Labute approximate surface area is 482 Å². The Balaban J connectivity index is 5.10.